The van der Waals surface area contributed by atoms with Gasteiger partial charge < -0.3 is 4.98 Å². The first kappa shape index (κ1) is 8.26. The van der Waals surface area contributed by atoms with Crippen molar-refractivity contribution in [2.75, 3.05) is 0 Å². The summed E-state index contributed by atoms with van der Waals surface area (Å²) in [6.07, 6.45) is 0.625. The van der Waals surface area contributed by atoms with Gasteiger partial charge in [0.15, 0.2) is 0 Å². The molecule has 2 N–H and O–H groups in total. The monoisotopic (exact) mass is 218 g/mol. The van der Waals surface area contributed by atoms with Crippen LogP contribution in [-0.2, 0) is 6.42 Å². The molecular formula is C6H7BrN2O2. The van der Waals surface area contributed by atoms with Gasteiger partial charge in [0.25, 0.3) is 5.56 Å². The number of hydrogen-bond donors (Lipinski definition) is 2. The van der Waals surface area contributed by atoms with E-state index in [9.17, 15) is 9.59 Å². The number of aromatic nitrogens is 2. The van der Waals surface area contributed by atoms with E-state index in [0.717, 1.165) is 0 Å². The lowest BCUT2D eigenvalue weighted by Gasteiger charge is -1.96. The second kappa shape index (κ2) is 3.04. The quantitative estimate of drug-likeness (QED) is 0.717. The molecule has 0 spiro atoms. The van der Waals surface area contributed by atoms with E-state index < -0.39 is 5.69 Å². The van der Waals surface area contributed by atoms with E-state index in [4.69, 9.17) is 0 Å². The Morgan fingerprint density at radius 3 is 2.55 bits per heavy atom. The zero-order valence-corrected chi connectivity index (χ0v) is 7.49. The van der Waals surface area contributed by atoms with E-state index in [1.807, 2.05) is 6.92 Å². The van der Waals surface area contributed by atoms with Crippen molar-refractivity contribution in [1.82, 2.24) is 9.97 Å². The summed E-state index contributed by atoms with van der Waals surface area (Å²) in [5, 5.41) is 0. The molecule has 60 valence electrons. The van der Waals surface area contributed by atoms with E-state index in [0.29, 0.717) is 16.6 Å². The molecule has 5 heteroatoms. The van der Waals surface area contributed by atoms with Gasteiger partial charge in [0.2, 0.25) is 0 Å². The second-order valence-electron chi connectivity index (χ2n) is 2.05. The molecular weight excluding hydrogens is 212 g/mol. The molecule has 1 heterocycles. The number of hydrogen-bond acceptors (Lipinski definition) is 2. The van der Waals surface area contributed by atoms with Crippen molar-refractivity contribution in [2.45, 2.75) is 13.3 Å². The summed E-state index contributed by atoms with van der Waals surface area (Å²) < 4.78 is 0.402. The maximum Gasteiger partial charge on any atom is 0.325 e. The van der Waals surface area contributed by atoms with Crippen molar-refractivity contribution >= 4 is 15.9 Å². The summed E-state index contributed by atoms with van der Waals surface area (Å²) in [6.45, 7) is 1.86. The molecule has 0 saturated heterocycles. The minimum Gasteiger partial charge on any atom is -0.310 e. The minimum atomic E-state index is -0.463. The predicted molar refractivity (Wildman–Crippen MR) is 44.8 cm³/mol. The Morgan fingerprint density at radius 2 is 2.00 bits per heavy atom. The lowest BCUT2D eigenvalue weighted by molar-refractivity contribution is 0.921. The fourth-order valence-corrected chi connectivity index (χ4v) is 1.24. The average molecular weight is 219 g/mol. The highest BCUT2D eigenvalue weighted by atomic mass is 79.9. The molecule has 0 aliphatic heterocycles. The Balaban J connectivity index is 3.49. The Morgan fingerprint density at radius 1 is 1.36 bits per heavy atom. The number of aromatic amines is 2. The van der Waals surface area contributed by atoms with E-state index in [-0.39, 0.29) is 5.56 Å². The van der Waals surface area contributed by atoms with Gasteiger partial charge in [-0.1, -0.05) is 6.92 Å². The Kier molecular flexibility index (Phi) is 2.28. The summed E-state index contributed by atoms with van der Waals surface area (Å²) in [6, 6.07) is 0. The Hall–Kier alpha value is -0.840. The largest absolute Gasteiger partial charge is 0.325 e. The van der Waals surface area contributed by atoms with Crippen LogP contribution in [0.25, 0.3) is 0 Å². The second-order valence-corrected chi connectivity index (χ2v) is 2.85. The van der Waals surface area contributed by atoms with E-state index >= 15 is 0 Å². The van der Waals surface area contributed by atoms with Crippen LogP contribution in [0.2, 0.25) is 0 Å². The van der Waals surface area contributed by atoms with Crippen molar-refractivity contribution in [3.8, 4) is 0 Å². The highest BCUT2D eigenvalue weighted by molar-refractivity contribution is 9.10. The van der Waals surface area contributed by atoms with Crippen LogP contribution in [0.1, 0.15) is 12.6 Å². The zero-order valence-electron chi connectivity index (χ0n) is 5.90. The fraction of sp³-hybridized carbons (Fsp3) is 0.333. The number of aryl methyl sites for hydroxylation is 1. The molecule has 0 aliphatic rings. The van der Waals surface area contributed by atoms with Crippen LogP contribution in [-0.4, -0.2) is 9.97 Å². The van der Waals surface area contributed by atoms with Crippen LogP contribution in [0.5, 0.6) is 0 Å². The topological polar surface area (TPSA) is 65.7 Å². The SMILES string of the molecule is CCc1[nH]c(=O)[nH]c(=O)c1Br. The molecule has 0 amide bonds. The van der Waals surface area contributed by atoms with Crippen molar-refractivity contribution in [3.05, 3.63) is 31.0 Å². The summed E-state index contributed by atoms with van der Waals surface area (Å²) in [7, 11) is 0. The molecule has 4 nitrogen and oxygen atoms in total. The molecule has 1 aromatic rings. The van der Waals surface area contributed by atoms with Crippen LogP contribution >= 0.6 is 15.9 Å². The van der Waals surface area contributed by atoms with Gasteiger partial charge in [-0.15, -0.1) is 0 Å². The molecule has 0 saturated carbocycles. The van der Waals surface area contributed by atoms with Crippen LogP contribution in [0.3, 0.4) is 0 Å². The highest BCUT2D eigenvalue weighted by Crippen LogP contribution is 2.05. The molecule has 0 atom stereocenters. The summed E-state index contributed by atoms with van der Waals surface area (Å²) in [4.78, 5) is 26.2. The Bertz CT molecular complexity index is 366. The van der Waals surface area contributed by atoms with Gasteiger partial charge in [-0.25, -0.2) is 4.79 Å². The van der Waals surface area contributed by atoms with Crippen molar-refractivity contribution in [1.29, 1.82) is 0 Å². The lowest BCUT2D eigenvalue weighted by atomic mass is 10.3. The molecule has 1 aromatic heterocycles. The molecule has 0 radical (unpaired) electrons. The van der Waals surface area contributed by atoms with Crippen LogP contribution in [0.4, 0.5) is 0 Å². The van der Waals surface area contributed by atoms with Crippen LogP contribution in [0.15, 0.2) is 14.1 Å². The molecule has 11 heavy (non-hydrogen) atoms. The van der Waals surface area contributed by atoms with Crippen molar-refractivity contribution in [3.63, 3.8) is 0 Å². The standard InChI is InChI=1S/C6H7BrN2O2/c1-2-3-4(7)5(10)9-6(11)8-3/h2H2,1H3,(H2,8,9,10,11). The lowest BCUT2D eigenvalue weighted by Crippen LogP contribution is -2.24. The molecule has 0 fully saturated rings. The Labute approximate surface area is 70.8 Å². The maximum absolute atomic E-state index is 10.9. The average Bonchev–Trinajstić information content (AvgIpc) is 1.96. The number of H-pyrrole nitrogens is 2. The molecule has 0 bridgehead atoms. The zero-order chi connectivity index (χ0) is 8.43. The molecule has 0 aliphatic carbocycles. The third kappa shape index (κ3) is 1.59. The van der Waals surface area contributed by atoms with Crippen LogP contribution in [0, 0.1) is 0 Å². The van der Waals surface area contributed by atoms with E-state index in [2.05, 4.69) is 25.9 Å². The summed E-state index contributed by atoms with van der Waals surface area (Å²) in [5.74, 6) is 0. The first-order valence-electron chi connectivity index (χ1n) is 3.16. The first-order chi connectivity index (χ1) is 5.15. The van der Waals surface area contributed by atoms with Crippen molar-refractivity contribution < 1.29 is 0 Å². The molecule has 0 unspecified atom stereocenters. The maximum atomic E-state index is 10.9. The third-order valence-electron chi connectivity index (χ3n) is 1.31. The van der Waals surface area contributed by atoms with Gasteiger partial charge in [-0.2, -0.15) is 0 Å². The number of rotatable bonds is 1. The van der Waals surface area contributed by atoms with Crippen LogP contribution < -0.4 is 11.2 Å². The van der Waals surface area contributed by atoms with Gasteiger partial charge in [0.05, 0.1) is 0 Å². The minimum absolute atomic E-state index is 0.384. The van der Waals surface area contributed by atoms with Gasteiger partial charge in [-0.3, -0.25) is 9.78 Å². The first-order valence-corrected chi connectivity index (χ1v) is 3.95. The normalized spacial score (nSPS) is 10.0. The van der Waals surface area contributed by atoms with E-state index in [1.165, 1.54) is 0 Å². The predicted octanol–water partition coefficient (Wildman–Crippen LogP) is 0.388. The van der Waals surface area contributed by atoms with Gasteiger partial charge in [0.1, 0.15) is 4.47 Å². The number of halogens is 1. The van der Waals surface area contributed by atoms with E-state index in [1.54, 1.807) is 0 Å². The highest BCUT2D eigenvalue weighted by Gasteiger charge is 2.02. The van der Waals surface area contributed by atoms with Gasteiger partial charge in [-0.05, 0) is 22.4 Å². The summed E-state index contributed by atoms with van der Waals surface area (Å²) >= 11 is 3.06. The summed E-state index contributed by atoms with van der Waals surface area (Å²) in [5.41, 5.74) is -0.223. The van der Waals surface area contributed by atoms with Crippen molar-refractivity contribution in [2.24, 2.45) is 0 Å². The van der Waals surface area contributed by atoms with Gasteiger partial charge >= 0.3 is 5.69 Å². The third-order valence-corrected chi connectivity index (χ3v) is 2.15. The van der Waals surface area contributed by atoms with Gasteiger partial charge in [0, 0.05) is 5.69 Å². The molecule has 1 rings (SSSR count). The smallest absolute Gasteiger partial charge is 0.310 e. The molecule has 0 aromatic carbocycles. The fourth-order valence-electron chi connectivity index (χ4n) is 0.762. The number of nitrogens with one attached hydrogen (secondary N) is 2.